The van der Waals surface area contributed by atoms with Crippen molar-refractivity contribution in [1.82, 2.24) is 0 Å². The minimum Gasteiger partial charge on any atom is -0.493 e. The molecule has 0 saturated carbocycles. The zero-order valence-electron chi connectivity index (χ0n) is 18.3. The maximum Gasteiger partial charge on any atom is 0.338 e. The molecule has 0 atom stereocenters. The summed E-state index contributed by atoms with van der Waals surface area (Å²) in [5.74, 6) is 0.982. The normalized spacial score (nSPS) is 21.0. The smallest absolute Gasteiger partial charge is 0.338 e. The number of hydrogen-bond acceptors (Lipinski definition) is 5. The van der Waals surface area contributed by atoms with Crippen LogP contribution in [0.25, 0.3) is 0 Å². The second-order valence-corrected chi connectivity index (χ2v) is 8.04. The van der Waals surface area contributed by atoms with E-state index in [1.807, 2.05) is 6.07 Å². The Hall–Kier alpha value is -2.73. The molecule has 6 nitrogen and oxygen atoms in total. The number of rotatable bonds is 8. The molecule has 30 heavy (non-hydrogen) atoms. The van der Waals surface area contributed by atoms with Gasteiger partial charge < -0.3 is 23.4 Å². The molecule has 2 aromatic carbocycles. The Morgan fingerprint density at radius 3 is 2.10 bits per heavy atom. The first-order chi connectivity index (χ1) is 14.5. The predicted molar refractivity (Wildman–Crippen MR) is 115 cm³/mol. The third-order valence-electron chi connectivity index (χ3n) is 5.94. The molecule has 0 N–H and O–H groups in total. The van der Waals surface area contributed by atoms with Gasteiger partial charge in [0.1, 0.15) is 6.10 Å². The van der Waals surface area contributed by atoms with Crippen LogP contribution in [0.15, 0.2) is 42.5 Å². The van der Waals surface area contributed by atoms with Crippen molar-refractivity contribution < 1.29 is 28.2 Å². The van der Waals surface area contributed by atoms with Crippen molar-refractivity contribution in [2.75, 3.05) is 48.0 Å². The lowest BCUT2D eigenvalue weighted by molar-refractivity contribution is -0.914. The van der Waals surface area contributed by atoms with Crippen molar-refractivity contribution >= 4 is 5.97 Å². The van der Waals surface area contributed by atoms with Crippen LogP contribution in [0.1, 0.15) is 28.8 Å². The lowest BCUT2D eigenvalue weighted by atomic mass is 10.0. The molecule has 3 rings (SSSR count). The molecule has 1 aliphatic heterocycles. The van der Waals surface area contributed by atoms with Gasteiger partial charge in [-0.25, -0.2) is 4.79 Å². The Labute approximate surface area is 178 Å². The number of likely N-dealkylation sites (tertiary alicyclic amines) is 1. The van der Waals surface area contributed by atoms with Crippen molar-refractivity contribution in [1.29, 1.82) is 0 Å². The second kappa shape index (κ2) is 9.85. The highest BCUT2D eigenvalue weighted by Gasteiger charge is 2.32. The molecule has 0 unspecified atom stereocenters. The van der Waals surface area contributed by atoms with Crippen molar-refractivity contribution in [3.05, 3.63) is 53.6 Å². The monoisotopic (exact) mass is 414 g/mol. The van der Waals surface area contributed by atoms with Gasteiger partial charge in [-0.15, -0.1) is 0 Å². The van der Waals surface area contributed by atoms with Gasteiger partial charge in [0.05, 0.1) is 53.6 Å². The number of carbonyl (C=O) groups is 1. The van der Waals surface area contributed by atoms with Crippen molar-refractivity contribution in [2.24, 2.45) is 0 Å². The van der Waals surface area contributed by atoms with Crippen LogP contribution in [0.5, 0.6) is 17.2 Å². The van der Waals surface area contributed by atoms with Crippen LogP contribution in [0.4, 0.5) is 0 Å². The second-order valence-electron chi connectivity index (χ2n) is 8.04. The average molecular weight is 415 g/mol. The van der Waals surface area contributed by atoms with E-state index in [-0.39, 0.29) is 12.1 Å². The van der Waals surface area contributed by atoms with E-state index in [1.165, 1.54) is 26.9 Å². The van der Waals surface area contributed by atoms with E-state index in [2.05, 4.69) is 31.3 Å². The largest absolute Gasteiger partial charge is 0.493 e. The average Bonchev–Trinajstić information content (AvgIpc) is 2.79. The fourth-order valence-corrected chi connectivity index (χ4v) is 3.97. The van der Waals surface area contributed by atoms with Crippen LogP contribution in [0, 0.1) is 0 Å². The van der Waals surface area contributed by atoms with Gasteiger partial charge in [0, 0.05) is 19.3 Å². The molecule has 162 valence electrons. The number of methoxy groups -OCH3 is 3. The number of hydrogen-bond donors (Lipinski definition) is 0. The molecule has 1 fully saturated rings. The van der Waals surface area contributed by atoms with E-state index < -0.39 is 0 Å². The number of nitrogens with zero attached hydrogens (tertiary/aromatic N) is 1. The molecule has 1 aliphatic rings. The highest BCUT2D eigenvalue weighted by atomic mass is 16.5. The van der Waals surface area contributed by atoms with Crippen LogP contribution in [-0.2, 0) is 11.2 Å². The van der Waals surface area contributed by atoms with E-state index in [9.17, 15) is 4.79 Å². The SMILES string of the molecule is COc1cc(C(=O)OC2CC[N+](C)(CCc3ccccc3)CC2)cc(OC)c1OC. The van der Waals surface area contributed by atoms with Crippen molar-refractivity contribution in [2.45, 2.75) is 25.4 Å². The predicted octanol–water partition coefficient (Wildman–Crippen LogP) is 3.72. The van der Waals surface area contributed by atoms with Crippen LogP contribution in [-0.4, -0.2) is 64.6 Å². The molecule has 0 aromatic heterocycles. The number of benzene rings is 2. The summed E-state index contributed by atoms with van der Waals surface area (Å²) in [4.78, 5) is 12.7. The van der Waals surface area contributed by atoms with Crippen LogP contribution in [0.2, 0.25) is 0 Å². The molecule has 1 heterocycles. The molecule has 0 radical (unpaired) electrons. The maximum absolute atomic E-state index is 12.7. The summed E-state index contributed by atoms with van der Waals surface area (Å²) >= 11 is 0. The van der Waals surface area contributed by atoms with Gasteiger partial charge in [0.2, 0.25) is 5.75 Å². The third kappa shape index (κ3) is 5.25. The minimum absolute atomic E-state index is 0.0699. The fourth-order valence-electron chi connectivity index (χ4n) is 3.97. The molecule has 2 aromatic rings. The molecule has 0 amide bonds. The zero-order valence-corrected chi connectivity index (χ0v) is 18.3. The first kappa shape index (κ1) is 22.0. The topological polar surface area (TPSA) is 54.0 Å². The Morgan fingerprint density at radius 1 is 0.967 bits per heavy atom. The van der Waals surface area contributed by atoms with Gasteiger partial charge in [-0.3, -0.25) is 0 Å². The van der Waals surface area contributed by atoms with Gasteiger partial charge >= 0.3 is 5.97 Å². The summed E-state index contributed by atoms with van der Waals surface area (Å²) < 4.78 is 22.8. The highest BCUT2D eigenvalue weighted by molar-refractivity contribution is 5.91. The van der Waals surface area contributed by atoms with Gasteiger partial charge in [0.15, 0.2) is 11.5 Å². The zero-order chi connectivity index (χ0) is 21.6. The van der Waals surface area contributed by atoms with Crippen molar-refractivity contribution in [3.8, 4) is 17.2 Å². The summed E-state index contributed by atoms with van der Waals surface area (Å²) in [5, 5.41) is 0. The van der Waals surface area contributed by atoms with E-state index in [0.29, 0.717) is 22.8 Å². The van der Waals surface area contributed by atoms with Crippen LogP contribution in [0.3, 0.4) is 0 Å². The number of ether oxygens (including phenoxy) is 4. The minimum atomic E-state index is -0.361. The summed E-state index contributed by atoms with van der Waals surface area (Å²) in [6.07, 6.45) is 2.72. The van der Waals surface area contributed by atoms with E-state index in [0.717, 1.165) is 43.4 Å². The number of esters is 1. The van der Waals surface area contributed by atoms with E-state index in [1.54, 1.807) is 12.1 Å². The highest BCUT2D eigenvalue weighted by Crippen LogP contribution is 2.38. The molecule has 6 heteroatoms. The van der Waals surface area contributed by atoms with Crippen LogP contribution >= 0.6 is 0 Å². The van der Waals surface area contributed by atoms with Crippen molar-refractivity contribution in [3.63, 3.8) is 0 Å². The Morgan fingerprint density at radius 2 is 1.57 bits per heavy atom. The Kier molecular flexibility index (Phi) is 7.21. The third-order valence-corrected chi connectivity index (χ3v) is 5.94. The Balaban J connectivity index is 1.57. The molecule has 0 bridgehead atoms. The van der Waals surface area contributed by atoms with E-state index in [4.69, 9.17) is 18.9 Å². The number of likely N-dealkylation sites (N-methyl/N-ethyl adjacent to an activating group) is 1. The summed E-state index contributed by atoms with van der Waals surface area (Å²) in [7, 11) is 6.89. The molecular formula is C24H32NO5+. The quantitative estimate of drug-likeness (QED) is 0.487. The lowest BCUT2D eigenvalue weighted by Crippen LogP contribution is -2.52. The summed E-state index contributed by atoms with van der Waals surface area (Å²) in [5.41, 5.74) is 1.77. The lowest BCUT2D eigenvalue weighted by Gasteiger charge is -2.40. The van der Waals surface area contributed by atoms with Gasteiger partial charge in [-0.1, -0.05) is 30.3 Å². The first-order valence-electron chi connectivity index (χ1n) is 10.4. The number of quaternary nitrogens is 1. The summed E-state index contributed by atoms with van der Waals surface area (Å²) in [6, 6.07) is 13.8. The maximum atomic E-state index is 12.7. The number of piperidine rings is 1. The molecule has 0 spiro atoms. The van der Waals surface area contributed by atoms with E-state index >= 15 is 0 Å². The van der Waals surface area contributed by atoms with Gasteiger partial charge in [0.25, 0.3) is 0 Å². The van der Waals surface area contributed by atoms with Crippen LogP contribution < -0.4 is 14.2 Å². The standard InChI is InChI=1S/C24H32NO5/c1-25(13-10-18-8-6-5-7-9-18)14-11-20(12-15-25)30-24(26)19-16-21(27-2)23(29-4)22(17-19)28-3/h5-9,16-17,20H,10-15H2,1-4H3/q+1. The number of carbonyl (C=O) groups excluding carboxylic acids is 1. The molecular weight excluding hydrogens is 382 g/mol. The van der Waals surface area contributed by atoms with Gasteiger partial charge in [-0.2, -0.15) is 0 Å². The summed E-state index contributed by atoms with van der Waals surface area (Å²) in [6.45, 7) is 3.09. The molecule has 0 aliphatic carbocycles. The Bertz CT molecular complexity index is 819. The van der Waals surface area contributed by atoms with Gasteiger partial charge in [-0.05, 0) is 17.7 Å². The first-order valence-corrected chi connectivity index (χ1v) is 10.4. The molecule has 1 saturated heterocycles. The fraction of sp³-hybridized carbons (Fsp3) is 0.458.